The molecule has 1 N–H and O–H groups in total. The van der Waals surface area contributed by atoms with Crippen molar-refractivity contribution >= 4 is 22.6 Å². The van der Waals surface area contributed by atoms with E-state index in [1.165, 1.54) is 5.57 Å². The maximum absolute atomic E-state index is 10.2. The van der Waals surface area contributed by atoms with E-state index in [-0.39, 0.29) is 12.0 Å². The molecule has 2 unspecified atom stereocenters. The molecule has 0 aromatic heterocycles. The van der Waals surface area contributed by atoms with Gasteiger partial charge in [-0.05, 0) is 29.4 Å². The lowest BCUT2D eigenvalue weighted by molar-refractivity contribution is 0.172. The van der Waals surface area contributed by atoms with Crippen LogP contribution in [0.5, 0.6) is 0 Å². The zero-order valence-corrected chi connectivity index (χ0v) is 13.7. The van der Waals surface area contributed by atoms with E-state index in [0.29, 0.717) is 5.92 Å². The summed E-state index contributed by atoms with van der Waals surface area (Å²) in [5.41, 5.74) is 2.27. The summed E-state index contributed by atoms with van der Waals surface area (Å²) >= 11 is 2.21. The second-order valence-electron chi connectivity index (χ2n) is 4.80. The third kappa shape index (κ3) is 7.04. The average molecular weight is 348 g/mol. The fraction of sp³-hybridized carbons (Fsp3) is 0.600. The van der Waals surface area contributed by atoms with Crippen LogP contribution < -0.4 is 0 Å². The molecule has 1 nitrogen and oxygen atoms in total. The Hall–Kier alpha value is -0.0900. The molecule has 0 fully saturated rings. The molecule has 0 rings (SSSR count). The molecule has 0 aliphatic carbocycles. The van der Waals surface area contributed by atoms with Crippen LogP contribution in [-0.4, -0.2) is 11.2 Å². The molecule has 0 radical (unpaired) electrons. The number of allylic oxidation sites excluding steroid dienone is 3. The molecule has 0 aromatic rings. The molecule has 0 amide bonds. The van der Waals surface area contributed by atoms with E-state index >= 15 is 0 Å². The fourth-order valence-electron chi connectivity index (χ4n) is 1.74. The van der Waals surface area contributed by atoms with E-state index in [0.717, 1.165) is 12.0 Å². The van der Waals surface area contributed by atoms with Gasteiger partial charge in [0.2, 0.25) is 0 Å². The van der Waals surface area contributed by atoms with E-state index in [9.17, 15) is 5.11 Å². The first-order valence-electron chi connectivity index (χ1n) is 6.23. The van der Waals surface area contributed by atoms with E-state index in [1.54, 1.807) is 0 Å². The monoisotopic (exact) mass is 348 g/mol. The third-order valence-electron chi connectivity index (χ3n) is 3.01. The van der Waals surface area contributed by atoms with Crippen LogP contribution in [0.3, 0.4) is 0 Å². The Labute approximate surface area is 120 Å². The van der Waals surface area contributed by atoms with Crippen molar-refractivity contribution in [1.29, 1.82) is 0 Å². The van der Waals surface area contributed by atoms with Gasteiger partial charge in [0.15, 0.2) is 0 Å². The van der Waals surface area contributed by atoms with Crippen molar-refractivity contribution in [2.75, 3.05) is 0 Å². The maximum Gasteiger partial charge on any atom is 0.0807 e. The highest BCUT2D eigenvalue weighted by Crippen LogP contribution is 2.18. The molecular weight excluding hydrogens is 323 g/mol. The van der Waals surface area contributed by atoms with Crippen molar-refractivity contribution < 1.29 is 5.11 Å². The second kappa shape index (κ2) is 8.92. The molecule has 0 heterocycles. The SMILES string of the molecule is CCC(C)/C=C(\C)[C@H](O)C(C)/C=C(C)/C=C/I. The van der Waals surface area contributed by atoms with Crippen molar-refractivity contribution in [2.24, 2.45) is 11.8 Å². The predicted molar refractivity (Wildman–Crippen MR) is 85.3 cm³/mol. The minimum absolute atomic E-state index is 0.155. The molecule has 0 saturated carbocycles. The number of aliphatic hydroxyl groups excluding tert-OH is 1. The Morgan fingerprint density at radius 3 is 2.29 bits per heavy atom. The van der Waals surface area contributed by atoms with Gasteiger partial charge in [0, 0.05) is 5.92 Å². The van der Waals surface area contributed by atoms with Gasteiger partial charge in [-0.2, -0.15) is 0 Å². The van der Waals surface area contributed by atoms with Crippen LogP contribution in [0.1, 0.15) is 41.0 Å². The van der Waals surface area contributed by atoms with Gasteiger partial charge in [0.1, 0.15) is 0 Å². The predicted octanol–water partition coefficient (Wildman–Crippen LogP) is 4.87. The normalized spacial score (nSPS) is 19.5. The van der Waals surface area contributed by atoms with Gasteiger partial charge in [0.25, 0.3) is 0 Å². The summed E-state index contributed by atoms with van der Waals surface area (Å²) in [6.07, 6.45) is 7.09. The van der Waals surface area contributed by atoms with Crippen LogP contribution in [0.4, 0.5) is 0 Å². The first kappa shape index (κ1) is 16.9. The largest absolute Gasteiger partial charge is 0.388 e. The Kier molecular flexibility index (Phi) is 8.88. The van der Waals surface area contributed by atoms with Crippen molar-refractivity contribution in [1.82, 2.24) is 0 Å². The van der Waals surface area contributed by atoms with Gasteiger partial charge in [0.05, 0.1) is 6.10 Å². The summed E-state index contributed by atoms with van der Waals surface area (Å²) in [4.78, 5) is 0. The Morgan fingerprint density at radius 2 is 1.82 bits per heavy atom. The van der Waals surface area contributed by atoms with Crippen molar-refractivity contribution in [3.8, 4) is 0 Å². The smallest absolute Gasteiger partial charge is 0.0807 e. The Bertz CT molecular complexity index is 302. The van der Waals surface area contributed by atoms with Crippen LogP contribution in [-0.2, 0) is 0 Å². The number of hydrogen-bond acceptors (Lipinski definition) is 1. The molecule has 0 bridgehead atoms. The molecule has 17 heavy (non-hydrogen) atoms. The van der Waals surface area contributed by atoms with Gasteiger partial charge in [-0.15, -0.1) is 0 Å². The van der Waals surface area contributed by atoms with Crippen molar-refractivity contribution in [2.45, 2.75) is 47.1 Å². The van der Waals surface area contributed by atoms with Crippen LogP contribution in [0, 0.1) is 11.8 Å². The van der Waals surface area contributed by atoms with E-state index in [2.05, 4.69) is 68.5 Å². The molecule has 0 aromatic carbocycles. The lowest BCUT2D eigenvalue weighted by Gasteiger charge is -2.18. The van der Waals surface area contributed by atoms with Crippen molar-refractivity contribution in [3.05, 3.63) is 33.5 Å². The zero-order valence-electron chi connectivity index (χ0n) is 11.6. The molecule has 2 heteroatoms. The minimum Gasteiger partial charge on any atom is -0.388 e. The minimum atomic E-state index is -0.374. The summed E-state index contributed by atoms with van der Waals surface area (Å²) < 4.78 is 1.99. The quantitative estimate of drug-likeness (QED) is 0.412. The third-order valence-corrected chi connectivity index (χ3v) is 3.37. The average Bonchev–Trinajstić information content (AvgIpc) is 2.27. The van der Waals surface area contributed by atoms with E-state index in [1.807, 2.05) is 11.0 Å². The highest BCUT2D eigenvalue weighted by atomic mass is 127. The molecule has 3 atom stereocenters. The molecule has 0 spiro atoms. The molecular formula is C15H25IO. The first-order valence-corrected chi connectivity index (χ1v) is 7.48. The lowest BCUT2D eigenvalue weighted by atomic mass is 9.93. The Morgan fingerprint density at radius 1 is 1.24 bits per heavy atom. The van der Waals surface area contributed by atoms with E-state index in [4.69, 9.17) is 0 Å². The van der Waals surface area contributed by atoms with Crippen LogP contribution in [0.25, 0.3) is 0 Å². The summed E-state index contributed by atoms with van der Waals surface area (Å²) in [5.74, 6) is 0.694. The number of rotatable bonds is 6. The maximum atomic E-state index is 10.2. The molecule has 98 valence electrons. The van der Waals surface area contributed by atoms with Gasteiger partial charge in [-0.3, -0.25) is 0 Å². The van der Waals surface area contributed by atoms with Gasteiger partial charge in [-0.25, -0.2) is 0 Å². The Balaban J connectivity index is 4.64. The first-order chi connectivity index (χ1) is 7.92. The van der Waals surface area contributed by atoms with Crippen molar-refractivity contribution in [3.63, 3.8) is 0 Å². The standard InChI is InChI=1S/C15H25IO/c1-6-11(2)9-13(4)15(17)14(5)10-12(3)7-8-16/h7-11,14-15,17H,6H2,1-5H3/b8-7+,12-10+,13-9+/t11?,14?,15-/m0/s1. The summed E-state index contributed by atoms with van der Waals surface area (Å²) in [7, 11) is 0. The summed E-state index contributed by atoms with van der Waals surface area (Å²) in [6, 6.07) is 0. The lowest BCUT2D eigenvalue weighted by Crippen LogP contribution is -2.18. The highest BCUT2D eigenvalue weighted by molar-refractivity contribution is 14.1. The van der Waals surface area contributed by atoms with Gasteiger partial charge >= 0.3 is 0 Å². The number of halogens is 1. The number of hydrogen-bond donors (Lipinski definition) is 1. The van der Waals surface area contributed by atoms with Crippen LogP contribution in [0.15, 0.2) is 33.5 Å². The van der Waals surface area contributed by atoms with Gasteiger partial charge < -0.3 is 5.11 Å². The molecule has 0 aliphatic rings. The molecule has 0 saturated heterocycles. The van der Waals surface area contributed by atoms with Gasteiger partial charge in [-0.1, -0.05) is 73.6 Å². The van der Waals surface area contributed by atoms with E-state index < -0.39 is 0 Å². The highest BCUT2D eigenvalue weighted by Gasteiger charge is 2.14. The van der Waals surface area contributed by atoms with Crippen LogP contribution in [0.2, 0.25) is 0 Å². The molecule has 0 aliphatic heterocycles. The fourth-order valence-corrected chi connectivity index (χ4v) is 2.31. The zero-order chi connectivity index (χ0) is 13.4. The topological polar surface area (TPSA) is 20.2 Å². The second-order valence-corrected chi connectivity index (χ2v) is 5.52. The summed E-state index contributed by atoms with van der Waals surface area (Å²) in [6.45, 7) is 10.5. The summed E-state index contributed by atoms with van der Waals surface area (Å²) in [5, 5.41) is 10.2. The van der Waals surface area contributed by atoms with Crippen LogP contribution >= 0.6 is 22.6 Å². The number of aliphatic hydroxyl groups is 1.